The highest BCUT2D eigenvalue weighted by Gasteiger charge is 2.34. The standard InChI is InChI=1S/C27H26FNO4/c1-32-20-8-9-23(28)22(13-20)24-10-6-19(15-29-24)25-11-7-17-4-5-18(12-26(17)33-25)21(14-27(30)31)16-2-3-16/h4-6,8-10,12-13,15-16,21,25H,2-3,7,11,14H2,1H3,(H,30,31)/t21-,25?/m0/s1. The molecule has 1 aliphatic heterocycles. The smallest absolute Gasteiger partial charge is 0.303 e. The monoisotopic (exact) mass is 447 g/mol. The number of ether oxygens (including phenoxy) is 2. The van der Waals surface area contributed by atoms with E-state index < -0.39 is 5.97 Å². The molecule has 2 heterocycles. The van der Waals surface area contributed by atoms with Gasteiger partial charge in [-0.2, -0.15) is 0 Å². The molecule has 1 aliphatic carbocycles. The number of carbonyl (C=O) groups is 1. The Kier molecular flexibility index (Phi) is 5.75. The molecule has 0 bridgehead atoms. The molecule has 1 fully saturated rings. The Hall–Kier alpha value is -3.41. The molecule has 170 valence electrons. The van der Waals surface area contributed by atoms with Crippen LogP contribution in [0.1, 0.15) is 54.4 Å². The van der Waals surface area contributed by atoms with Gasteiger partial charge in [0.25, 0.3) is 0 Å². The largest absolute Gasteiger partial charge is 0.497 e. The Morgan fingerprint density at radius 2 is 2.03 bits per heavy atom. The lowest BCUT2D eigenvalue weighted by atomic mass is 9.88. The van der Waals surface area contributed by atoms with Crippen LogP contribution in [0.3, 0.4) is 0 Å². The van der Waals surface area contributed by atoms with Crippen LogP contribution in [-0.4, -0.2) is 23.2 Å². The summed E-state index contributed by atoms with van der Waals surface area (Å²) in [5, 5.41) is 9.33. The number of fused-ring (bicyclic) bond motifs is 1. The fourth-order valence-corrected chi connectivity index (χ4v) is 4.68. The number of rotatable bonds is 7. The van der Waals surface area contributed by atoms with E-state index in [4.69, 9.17) is 9.47 Å². The second kappa shape index (κ2) is 8.85. The maximum Gasteiger partial charge on any atom is 0.303 e. The summed E-state index contributed by atoms with van der Waals surface area (Å²) >= 11 is 0. The average molecular weight is 448 g/mol. The molecule has 0 radical (unpaired) electrons. The number of carboxylic acids is 1. The third-order valence-electron chi connectivity index (χ3n) is 6.66. The van der Waals surface area contributed by atoms with E-state index in [1.807, 2.05) is 12.1 Å². The molecule has 0 amide bonds. The average Bonchev–Trinajstić information content (AvgIpc) is 3.68. The third-order valence-corrected chi connectivity index (χ3v) is 6.66. The van der Waals surface area contributed by atoms with Crippen molar-refractivity contribution in [3.8, 4) is 22.8 Å². The van der Waals surface area contributed by atoms with Crippen molar-refractivity contribution in [3.05, 3.63) is 77.2 Å². The third kappa shape index (κ3) is 4.56. The summed E-state index contributed by atoms with van der Waals surface area (Å²) in [6.07, 6.45) is 5.61. The minimum Gasteiger partial charge on any atom is -0.497 e. The minimum absolute atomic E-state index is 0.0375. The number of pyridine rings is 1. The second-order valence-corrected chi connectivity index (χ2v) is 8.88. The molecule has 0 saturated heterocycles. The van der Waals surface area contributed by atoms with Crippen molar-refractivity contribution >= 4 is 5.97 Å². The molecule has 2 aliphatic rings. The van der Waals surface area contributed by atoms with E-state index in [0.29, 0.717) is 22.9 Å². The Labute approximate surface area is 192 Å². The van der Waals surface area contributed by atoms with Crippen LogP contribution in [0.25, 0.3) is 11.3 Å². The van der Waals surface area contributed by atoms with E-state index in [0.717, 1.165) is 48.1 Å². The molecule has 6 heteroatoms. The molecule has 33 heavy (non-hydrogen) atoms. The summed E-state index contributed by atoms with van der Waals surface area (Å²) in [7, 11) is 1.55. The van der Waals surface area contributed by atoms with E-state index in [-0.39, 0.29) is 24.3 Å². The van der Waals surface area contributed by atoms with E-state index >= 15 is 0 Å². The number of aryl methyl sites for hydroxylation is 1. The molecule has 1 saturated carbocycles. The number of benzene rings is 2. The summed E-state index contributed by atoms with van der Waals surface area (Å²) in [5.74, 6) is 0.776. The van der Waals surface area contributed by atoms with Gasteiger partial charge in [0.05, 0.1) is 19.2 Å². The normalized spacial score (nSPS) is 18.2. The molecule has 2 atom stereocenters. The summed E-state index contributed by atoms with van der Waals surface area (Å²) in [4.78, 5) is 15.8. The maximum atomic E-state index is 14.3. The molecule has 5 nitrogen and oxygen atoms in total. The zero-order valence-corrected chi connectivity index (χ0v) is 18.5. The van der Waals surface area contributed by atoms with Gasteiger partial charge in [-0.3, -0.25) is 9.78 Å². The summed E-state index contributed by atoms with van der Waals surface area (Å²) in [6.45, 7) is 0. The fourth-order valence-electron chi connectivity index (χ4n) is 4.68. The Balaban J connectivity index is 1.36. The van der Waals surface area contributed by atoms with Gasteiger partial charge < -0.3 is 14.6 Å². The van der Waals surface area contributed by atoms with Crippen molar-refractivity contribution < 1.29 is 23.8 Å². The van der Waals surface area contributed by atoms with E-state index in [1.165, 1.54) is 6.07 Å². The quantitative estimate of drug-likeness (QED) is 0.486. The lowest BCUT2D eigenvalue weighted by molar-refractivity contribution is -0.137. The molecule has 1 N–H and O–H groups in total. The first kappa shape index (κ1) is 21.4. The first-order chi connectivity index (χ1) is 16.0. The second-order valence-electron chi connectivity index (χ2n) is 8.88. The van der Waals surface area contributed by atoms with Crippen LogP contribution >= 0.6 is 0 Å². The van der Waals surface area contributed by atoms with Crippen LogP contribution in [0.4, 0.5) is 4.39 Å². The van der Waals surface area contributed by atoms with Crippen molar-refractivity contribution in [2.24, 2.45) is 5.92 Å². The molecular weight excluding hydrogens is 421 g/mol. The molecule has 1 unspecified atom stereocenters. The van der Waals surface area contributed by atoms with Crippen LogP contribution in [0.5, 0.6) is 11.5 Å². The number of methoxy groups -OCH3 is 1. The zero-order chi connectivity index (χ0) is 22.9. The maximum absolute atomic E-state index is 14.3. The Morgan fingerprint density at radius 1 is 1.18 bits per heavy atom. The van der Waals surface area contributed by atoms with Gasteiger partial charge in [0, 0.05) is 17.3 Å². The van der Waals surface area contributed by atoms with Gasteiger partial charge in [0.2, 0.25) is 0 Å². The van der Waals surface area contributed by atoms with Crippen LogP contribution in [0.15, 0.2) is 54.7 Å². The number of hydrogen-bond donors (Lipinski definition) is 1. The zero-order valence-electron chi connectivity index (χ0n) is 18.5. The molecule has 5 rings (SSSR count). The van der Waals surface area contributed by atoms with Crippen molar-refractivity contribution in [2.45, 2.75) is 44.1 Å². The van der Waals surface area contributed by atoms with Crippen molar-refractivity contribution in [3.63, 3.8) is 0 Å². The number of aliphatic carboxylic acids is 1. The highest BCUT2D eigenvalue weighted by molar-refractivity contribution is 5.68. The summed E-state index contributed by atoms with van der Waals surface area (Å²) in [6, 6.07) is 14.5. The van der Waals surface area contributed by atoms with Gasteiger partial charge in [-0.05, 0) is 79.0 Å². The first-order valence-corrected chi connectivity index (χ1v) is 11.3. The van der Waals surface area contributed by atoms with E-state index in [1.54, 1.807) is 31.5 Å². The predicted molar refractivity (Wildman–Crippen MR) is 122 cm³/mol. The number of hydrogen-bond acceptors (Lipinski definition) is 4. The van der Waals surface area contributed by atoms with Gasteiger partial charge in [0.15, 0.2) is 0 Å². The SMILES string of the molecule is COc1ccc(F)c(-c2ccc(C3CCc4ccc([C@@H](CC(=O)O)C5CC5)cc4O3)cn2)c1. The lowest BCUT2D eigenvalue weighted by Gasteiger charge is -2.27. The first-order valence-electron chi connectivity index (χ1n) is 11.3. The number of halogens is 1. The Bertz CT molecular complexity index is 1170. The number of nitrogens with zero attached hydrogens (tertiary/aromatic N) is 1. The molecule has 3 aromatic rings. The minimum atomic E-state index is -0.762. The van der Waals surface area contributed by atoms with Crippen molar-refractivity contribution in [1.29, 1.82) is 0 Å². The lowest BCUT2D eigenvalue weighted by Crippen LogP contribution is -2.16. The molecular formula is C27H26FNO4. The fraction of sp³-hybridized carbons (Fsp3) is 0.333. The van der Waals surface area contributed by atoms with Crippen molar-refractivity contribution in [1.82, 2.24) is 4.98 Å². The highest BCUT2D eigenvalue weighted by atomic mass is 19.1. The Morgan fingerprint density at radius 3 is 2.73 bits per heavy atom. The number of aromatic nitrogens is 1. The van der Waals surface area contributed by atoms with Crippen LogP contribution < -0.4 is 9.47 Å². The van der Waals surface area contributed by atoms with E-state index in [2.05, 4.69) is 17.1 Å². The highest BCUT2D eigenvalue weighted by Crippen LogP contribution is 2.46. The topological polar surface area (TPSA) is 68.7 Å². The van der Waals surface area contributed by atoms with Crippen LogP contribution in [-0.2, 0) is 11.2 Å². The number of carboxylic acid groups (broad SMARTS) is 1. The van der Waals surface area contributed by atoms with Gasteiger partial charge in [-0.1, -0.05) is 18.2 Å². The predicted octanol–water partition coefficient (Wildman–Crippen LogP) is 5.93. The molecule has 0 spiro atoms. The summed E-state index contributed by atoms with van der Waals surface area (Å²) < 4.78 is 25.8. The van der Waals surface area contributed by atoms with Crippen LogP contribution in [0.2, 0.25) is 0 Å². The van der Waals surface area contributed by atoms with Gasteiger partial charge in [0.1, 0.15) is 23.4 Å². The van der Waals surface area contributed by atoms with Crippen LogP contribution in [0, 0.1) is 11.7 Å². The van der Waals surface area contributed by atoms with Gasteiger partial charge >= 0.3 is 5.97 Å². The summed E-state index contributed by atoms with van der Waals surface area (Å²) in [5.41, 5.74) is 4.05. The molecule has 2 aromatic carbocycles. The van der Waals surface area contributed by atoms with Gasteiger partial charge in [-0.15, -0.1) is 0 Å². The van der Waals surface area contributed by atoms with E-state index in [9.17, 15) is 14.3 Å². The van der Waals surface area contributed by atoms with Crippen molar-refractivity contribution in [2.75, 3.05) is 7.11 Å². The van der Waals surface area contributed by atoms with Gasteiger partial charge in [-0.25, -0.2) is 4.39 Å². The molecule has 1 aromatic heterocycles.